The normalized spacial score (nSPS) is 10.2. The van der Waals surface area contributed by atoms with E-state index in [0.29, 0.717) is 11.5 Å². The quantitative estimate of drug-likeness (QED) is 0.732. The third-order valence-electron chi connectivity index (χ3n) is 2.57. The van der Waals surface area contributed by atoms with Gasteiger partial charge in [-0.25, -0.2) is 4.79 Å². The highest BCUT2D eigenvalue weighted by Gasteiger charge is 2.09. The fraction of sp³-hybridized carbons (Fsp3) is 0.0714. The predicted octanol–water partition coefficient (Wildman–Crippen LogP) is 2.25. The summed E-state index contributed by atoms with van der Waals surface area (Å²) in [6, 6.07) is 11.3. The van der Waals surface area contributed by atoms with E-state index in [1.54, 1.807) is 24.3 Å². The van der Waals surface area contributed by atoms with Crippen molar-refractivity contribution in [2.24, 2.45) is 0 Å². The van der Waals surface area contributed by atoms with E-state index in [4.69, 9.17) is 20.7 Å². The minimum absolute atomic E-state index is 0.0384. The van der Waals surface area contributed by atoms with Crippen molar-refractivity contribution in [3.63, 3.8) is 0 Å². The Morgan fingerprint density at radius 1 is 1.16 bits per heavy atom. The van der Waals surface area contributed by atoms with Crippen LogP contribution in [0.25, 0.3) is 0 Å². The van der Waals surface area contributed by atoms with E-state index >= 15 is 0 Å². The molecule has 2 aromatic carbocycles. The van der Waals surface area contributed by atoms with Crippen LogP contribution >= 0.6 is 0 Å². The first-order chi connectivity index (χ1) is 9.10. The van der Waals surface area contributed by atoms with E-state index in [1.807, 2.05) is 0 Å². The Morgan fingerprint density at radius 2 is 1.89 bits per heavy atom. The number of nitrogens with two attached hydrogens (primary N) is 1. The molecule has 0 aliphatic carbocycles. The molecule has 5 heteroatoms. The highest BCUT2D eigenvalue weighted by atomic mass is 16.5. The molecule has 2 rings (SSSR count). The van der Waals surface area contributed by atoms with Crippen molar-refractivity contribution in [1.29, 1.82) is 0 Å². The number of ether oxygens (including phenoxy) is 1. The SMILES string of the molecule is Nc1cc(Oc2cccc(CO)c2)ccc1C(=O)O. The zero-order chi connectivity index (χ0) is 13.8. The number of carbonyl (C=O) groups is 1. The molecule has 0 aromatic heterocycles. The third kappa shape index (κ3) is 3.02. The predicted molar refractivity (Wildman–Crippen MR) is 70.3 cm³/mol. The van der Waals surface area contributed by atoms with E-state index in [9.17, 15) is 4.79 Å². The lowest BCUT2D eigenvalue weighted by Gasteiger charge is -2.08. The van der Waals surface area contributed by atoms with Gasteiger partial charge < -0.3 is 20.7 Å². The molecule has 0 heterocycles. The van der Waals surface area contributed by atoms with E-state index in [2.05, 4.69) is 0 Å². The first-order valence-electron chi connectivity index (χ1n) is 5.60. The largest absolute Gasteiger partial charge is 0.478 e. The molecule has 0 aliphatic heterocycles. The Hall–Kier alpha value is -2.53. The zero-order valence-electron chi connectivity index (χ0n) is 10.0. The van der Waals surface area contributed by atoms with Crippen LogP contribution in [-0.4, -0.2) is 16.2 Å². The summed E-state index contributed by atoms with van der Waals surface area (Å²) >= 11 is 0. The van der Waals surface area contributed by atoms with Crippen molar-refractivity contribution in [2.75, 3.05) is 5.73 Å². The lowest BCUT2D eigenvalue weighted by molar-refractivity contribution is 0.0698. The molecule has 0 aliphatic rings. The van der Waals surface area contributed by atoms with Gasteiger partial charge in [-0.1, -0.05) is 12.1 Å². The van der Waals surface area contributed by atoms with Crippen LogP contribution in [0.4, 0.5) is 5.69 Å². The Balaban J connectivity index is 2.23. The fourth-order valence-electron chi connectivity index (χ4n) is 1.64. The average molecular weight is 259 g/mol. The van der Waals surface area contributed by atoms with Crippen molar-refractivity contribution >= 4 is 11.7 Å². The van der Waals surface area contributed by atoms with Gasteiger partial charge in [-0.05, 0) is 29.8 Å². The van der Waals surface area contributed by atoms with Gasteiger partial charge >= 0.3 is 5.97 Å². The molecule has 2 aromatic rings. The van der Waals surface area contributed by atoms with Gasteiger partial charge in [0, 0.05) is 11.8 Å². The van der Waals surface area contributed by atoms with Crippen LogP contribution in [0.1, 0.15) is 15.9 Å². The van der Waals surface area contributed by atoms with Crippen molar-refractivity contribution in [3.05, 3.63) is 53.6 Å². The summed E-state index contributed by atoms with van der Waals surface area (Å²) in [6.45, 7) is -0.0721. The fourth-order valence-corrected chi connectivity index (χ4v) is 1.64. The van der Waals surface area contributed by atoms with E-state index in [-0.39, 0.29) is 17.9 Å². The highest BCUT2D eigenvalue weighted by molar-refractivity contribution is 5.93. The molecule has 0 saturated carbocycles. The summed E-state index contributed by atoms with van der Waals surface area (Å²) in [4.78, 5) is 10.8. The standard InChI is InChI=1S/C14H13NO4/c15-13-7-11(4-5-12(13)14(17)18)19-10-3-1-2-9(6-10)8-16/h1-7,16H,8,15H2,(H,17,18). The highest BCUT2D eigenvalue weighted by Crippen LogP contribution is 2.26. The van der Waals surface area contributed by atoms with Crippen molar-refractivity contribution in [2.45, 2.75) is 6.61 Å². The minimum Gasteiger partial charge on any atom is -0.478 e. The van der Waals surface area contributed by atoms with Gasteiger partial charge in [-0.15, -0.1) is 0 Å². The van der Waals surface area contributed by atoms with Crippen molar-refractivity contribution < 1.29 is 19.7 Å². The summed E-state index contributed by atoms with van der Waals surface area (Å²) in [7, 11) is 0. The lowest BCUT2D eigenvalue weighted by atomic mass is 10.2. The number of aromatic carboxylic acids is 1. The first kappa shape index (κ1) is 12.9. The maximum Gasteiger partial charge on any atom is 0.337 e. The number of nitrogen functional groups attached to an aromatic ring is 1. The molecule has 0 radical (unpaired) electrons. The molecule has 0 spiro atoms. The number of aliphatic hydroxyl groups excluding tert-OH is 1. The Labute approximate surface area is 109 Å². The molecule has 19 heavy (non-hydrogen) atoms. The van der Waals surface area contributed by atoms with E-state index < -0.39 is 5.97 Å². The van der Waals surface area contributed by atoms with E-state index in [0.717, 1.165) is 5.56 Å². The number of carboxylic acid groups (broad SMARTS) is 1. The number of carboxylic acids is 1. The zero-order valence-corrected chi connectivity index (χ0v) is 10.0. The van der Waals surface area contributed by atoms with Gasteiger partial charge in [0.05, 0.1) is 12.2 Å². The summed E-state index contributed by atoms with van der Waals surface area (Å²) in [5, 5.41) is 17.9. The Kier molecular flexibility index (Phi) is 3.68. The topological polar surface area (TPSA) is 92.8 Å². The van der Waals surface area contributed by atoms with Gasteiger partial charge in [-0.2, -0.15) is 0 Å². The number of benzene rings is 2. The molecule has 0 amide bonds. The molecule has 0 bridgehead atoms. The molecule has 0 saturated heterocycles. The van der Waals surface area contributed by atoms with Gasteiger partial charge in [-0.3, -0.25) is 0 Å². The average Bonchev–Trinajstić information content (AvgIpc) is 2.38. The number of hydrogen-bond acceptors (Lipinski definition) is 4. The van der Waals surface area contributed by atoms with Crippen LogP contribution in [0.2, 0.25) is 0 Å². The van der Waals surface area contributed by atoms with Crippen LogP contribution in [0.15, 0.2) is 42.5 Å². The molecular weight excluding hydrogens is 246 g/mol. The summed E-state index contributed by atoms with van der Waals surface area (Å²) in [5.74, 6) is -0.0852. The number of rotatable bonds is 4. The van der Waals surface area contributed by atoms with Gasteiger partial charge in [0.1, 0.15) is 11.5 Å². The maximum absolute atomic E-state index is 10.8. The molecule has 98 valence electrons. The van der Waals surface area contributed by atoms with Crippen LogP contribution in [0.3, 0.4) is 0 Å². The smallest absolute Gasteiger partial charge is 0.337 e. The van der Waals surface area contributed by atoms with Gasteiger partial charge in [0.15, 0.2) is 0 Å². The Morgan fingerprint density at radius 3 is 2.53 bits per heavy atom. The number of aliphatic hydroxyl groups is 1. The van der Waals surface area contributed by atoms with Crippen LogP contribution in [0.5, 0.6) is 11.5 Å². The summed E-state index contributed by atoms with van der Waals surface area (Å²) < 4.78 is 5.55. The van der Waals surface area contributed by atoms with Crippen LogP contribution in [-0.2, 0) is 6.61 Å². The second-order valence-electron chi connectivity index (χ2n) is 3.96. The van der Waals surface area contributed by atoms with Gasteiger partial charge in [0.25, 0.3) is 0 Å². The van der Waals surface area contributed by atoms with E-state index in [1.165, 1.54) is 18.2 Å². The van der Waals surface area contributed by atoms with Crippen molar-refractivity contribution in [1.82, 2.24) is 0 Å². The van der Waals surface area contributed by atoms with Gasteiger partial charge in [0.2, 0.25) is 0 Å². The van der Waals surface area contributed by atoms with Crippen LogP contribution in [0, 0.1) is 0 Å². The number of anilines is 1. The third-order valence-corrected chi connectivity index (χ3v) is 2.57. The van der Waals surface area contributed by atoms with Crippen LogP contribution < -0.4 is 10.5 Å². The summed E-state index contributed by atoms with van der Waals surface area (Å²) in [6.07, 6.45) is 0. The summed E-state index contributed by atoms with van der Waals surface area (Å²) in [5.41, 5.74) is 6.54. The molecule has 0 unspecified atom stereocenters. The Bertz CT molecular complexity index is 610. The molecule has 5 nitrogen and oxygen atoms in total. The molecule has 4 N–H and O–H groups in total. The first-order valence-corrected chi connectivity index (χ1v) is 5.60. The minimum atomic E-state index is -1.08. The second-order valence-corrected chi connectivity index (χ2v) is 3.96. The maximum atomic E-state index is 10.8. The molecule has 0 fully saturated rings. The molecular formula is C14H13NO4. The monoisotopic (exact) mass is 259 g/mol. The van der Waals surface area contributed by atoms with Crippen molar-refractivity contribution in [3.8, 4) is 11.5 Å². The molecule has 0 atom stereocenters. The lowest BCUT2D eigenvalue weighted by Crippen LogP contribution is -2.02. The number of hydrogen-bond donors (Lipinski definition) is 3. The second kappa shape index (κ2) is 5.41.